The van der Waals surface area contributed by atoms with Crippen molar-refractivity contribution in [3.05, 3.63) is 102 Å². The summed E-state index contributed by atoms with van der Waals surface area (Å²) in [7, 11) is 0. The van der Waals surface area contributed by atoms with Crippen molar-refractivity contribution in [1.29, 1.82) is 0 Å². The molecule has 5 N–H and O–H groups in total. The van der Waals surface area contributed by atoms with E-state index in [0.717, 1.165) is 67.0 Å². The van der Waals surface area contributed by atoms with Crippen molar-refractivity contribution in [2.45, 2.75) is 94.0 Å². The number of aromatic nitrogens is 6. The highest BCUT2D eigenvalue weighted by atomic mass is 19.1. The summed E-state index contributed by atoms with van der Waals surface area (Å²) < 4.78 is 17.4. The number of imide groups is 1. The second-order valence-corrected chi connectivity index (χ2v) is 17.2. The lowest BCUT2D eigenvalue weighted by Gasteiger charge is -2.46. The molecule has 320 valence electrons. The number of carbonyl (C=O) groups excluding carboxylic acids is 3. The lowest BCUT2D eigenvalue weighted by atomic mass is 9.87. The molecule has 5 aliphatic heterocycles. The number of hydrogen-bond acceptors (Lipinski definition) is 12. The number of carbonyl (C=O) groups is 3. The number of nitrogens with one attached hydrogen (secondary N) is 4. The van der Waals surface area contributed by atoms with Crippen LogP contribution >= 0.6 is 0 Å². The van der Waals surface area contributed by atoms with Gasteiger partial charge in [-0.1, -0.05) is 6.08 Å². The van der Waals surface area contributed by atoms with E-state index in [0.29, 0.717) is 62.7 Å². The SMILES string of the molecule is Cc1ccnc(C2CCN(C3(c4cnn(C5CCN(C(=O)CC6(O)CCN(c7ccc(NC8CCC(=O)NC8=O)cc7F)CC6)CC5)c4)C=CC(c4cn[nH]c4)=CN3)CC2)n1. The fourth-order valence-electron chi connectivity index (χ4n) is 9.53. The first kappa shape index (κ1) is 40.5. The first-order valence-electron chi connectivity index (χ1n) is 21.4. The number of rotatable bonds is 10. The lowest BCUT2D eigenvalue weighted by Crippen LogP contribution is -2.56. The Morgan fingerprint density at radius 2 is 1.82 bits per heavy atom. The Labute approximate surface area is 353 Å². The first-order chi connectivity index (χ1) is 29.5. The van der Waals surface area contributed by atoms with Crippen LogP contribution in [-0.4, -0.2) is 113 Å². The number of aliphatic hydroxyl groups is 1. The third-order valence-electron chi connectivity index (χ3n) is 13.2. The Kier molecular flexibility index (Phi) is 11.2. The molecule has 9 rings (SSSR count). The van der Waals surface area contributed by atoms with Crippen molar-refractivity contribution in [2.75, 3.05) is 49.5 Å². The van der Waals surface area contributed by atoms with Gasteiger partial charge in [-0.15, -0.1) is 0 Å². The van der Waals surface area contributed by atoms with E-state index in [1.165, 1.54) is 6.07 Å². The minimum absolute atomic E-state index is 0.0241. The summed E-state index contributed by atoms with van der Waals surface area (Å²) in [5.74, 6) is -0.0264. The van der Waals surface area contributed by atoms with E-state index in [1.54, 1.807) is 12.1 Å². The average Bonchev–Trinajstić information content (AvgIpc) is 4.00. The van der Waals surface area contributed by atoms with Gasteiger partial charge >= 0.3 is 0 Å². The van der Waals surface area contributed by atoms with Gasteiger partial charge < -0.3 is 25.5 Å². The minimum Gasteiger partial charge on any atom is -0.389 e. The Morgan fingerprint density at radius 1 is 1.02 bits per heavy atom. The van der Waals surface area contributed by atoms with E-state index >= 15 is 4.39 Å². The number of benzene rings is 1. The van der Waals surface area contributed by atoms with Crippen LogP contribution < -0.4 is 20.9 Å². The van der Waals surface area contributed by atoms with Crippen molar-refractivity contribution < 1.29 is 23.9 Å². The smallest absolute Gasteiger partial charge is 0.249 e. The molecule has 0 spiro atoms. The number of nitrogens with zero attached hydrogens (tertiary/aromatic N) is 8. The second kappa shape index (κ2) is 16.8. The Hall–Kier alpha value is -5.94. The average molecular weight is 833 g/mol. The standard InChI is InChI=1S/C44H53FN12O4/c1-29-7-15-46-41(51-29)30-8-18-56(19-9-30)44(12-6-31(24-47-44)32-25-48-49-26-32)33-27-50-57(28-33)35-10-16-55(17-11-35)40(59)23-43(61)13-20-54(21-14-43)38-4-2-34(22-36(38)45)52-37-3-5-39(58)53-42(37)60/h2,4,6-7,12,15,22,24-28,30,35,37,47,52,61H,3,5,8-11,13-14,16-21,23H2,1H3,(H,48,49)(H,53,58,60). The van der Waals surface area contributed by atoms with Gasteiger partial charge in [0.25, 0.3) is 0 Å². The van der Waals surface area contributed by atoms with Crippen molar-refractivity contribution in [3.8, 4) is 0 Å². The molecule has 5 aliphatic rings. The molecule has 4 fully saturated rings. The number of aromatic amines is 1. The maximum Gasteiger partial charge on any atom is 0.249 e. The zero-order valence-electron chi connectivity index (χ0n) is 34.4. The van der Waals surface area contributed by atoms with Crippen molar-refractivity contribution in [3.63, 3.8) is 0 Å². The van der Waals surface area contributed by atoms with Crippen molar-refractivity contribution in [1.82, 2.24) is 50.4 Å². The zero-order valence-corrected chi connectivity index (χ0v) is 34.4. The molecule has 3 amide bonds. The maximum absolute atomic E-state index is 15.3. The molecular formula is C44H53FN12O4. The van der Waals surface area contributed by atoms with Crippen LogP contribution in [0.15, 0.2) is 73.6 Å². The van der Waals surface area contributed by atoms with Crippen LogP contribution in [-0.2, 0) is 20.0 Å². The van der Waals surface area contributed by atoms with Crippen molar-refractivity contribution >= 4 is 34.7 Å². The quantitative estimate of drug-likeness (QED) is 0.145. The summed E-state index contributed by atoms with van der Waals surface area (Å²) >= 11 is 0. The Bertz CT molecular complexity index is 2300. The lowest BCUT2D eigenvalue weighted by molar-refractivity contribution is -0.139. The fourth-order valence-corrected chi connectivity index (χ4v) is 9.53. The van der Waals surface area contributed by atoms with Crippen LogP contribution in [0.3, 0.4) is 0 Å². The van der Waals surface area contributed by atoms with Crippen LogP contribution in [0.1, 0.15) is 92.4 Å². The van der Waals surface area contributed by atoms with E-state index in [-0.39, 0.29) is 30.7 Å². The molecule has 0 saturated carbocycles. The summed E-state index contributed by atoms with van der Waals surface area (Å²) in [4.78, 5) is 52.8. The van der Waals surface area contributed by atoms with Crippen LogP contribution in [0, 0.1) is 12.7 Å². The molecule has 2 unspecified atom stereocenters. The zero-order chi connectivity index (χ0) is 42.1. The predicted octanol–water partition coefficient (Wildman–Crippen LogP) is 3.88. The second-order valence-electron chi connectivity index (χ2n) is 17.2. The van der Waals surface area contributed by atoms with E-state index in [2.05, 4.69) is 65.3 Å². The van der Waals surface area contributed by atoms with E-state index < -0.39 is 29.0 Å². The number of piperidine rings is 4. The van der Waals surface area contributed by atoms with Gasteiger partial charge in [-0.3, -0.25) is 34.4 Å². The van der Waals surface area contributed by atoms with Gasteiger partial charge in [-0.05, 0) is 82.2 Å². The van der Waals surface area contributed by atoms with Crippen LogP contribution in [0.2, 0.25) is 0 Å². The summed E-state index contributed by atoms with van der Waals surface area (Å²) in [5, 5.41) is 32.6. The highest BCUT2D eigenvalue weighted by molar-refractivity contribution is 6.01. The molecule has 4 aromatic rings. The highest BCUT2D eigenvalue weighted by Gasteiger charge is 2.42. The number of aryl methyl sites for hydroxylation is 1. The van der Waals surface area contributed by atoms with E-state index in [1.807, 2.05) is 47.6 Å². The monoisotopic (exact) mass is 832 g/mol. The van der Waals surface area contributed by atoms with Gasteiger partial charge in [0, 0.05) is 104 Å². The Morgan fingerprint density at radius 3 is 2.51 bits per heavy atom. The highest BCUT2D eigenvalue weighted by Crippen LogP contribution is 2.39. The van der Waals surface area contributed by atoms with Gasteiger partial charge in [-0.25, -0.2) is 14.4 Å². The number of likely N-dealkylation sites (tertiary alicyclic amines) is 2. The van der Waals surface area contributed by atoms with Gasteiger partial charge in [0.15, 0.2) is 0 Å². The maximum atomic E-state index is 15.3. The molecule has 3 aromatic heterocycles. The van der Waals surface area contributed by atoms with Gasteiger partial charge in [0.05, 0.1) is 36.1 Å². The third-order valence-corrected chi connectivity index (χ3v) is 13.2. The normalized spacial score (nSPS) is 24.0. The molecule has 4 saturated heterocycles. The van der Waals surface area contributed by atoms with Crippen molar-refractivity contribution in [2.24, 2.45) is 0 Å². The number of anilines is 2. The summed E-state index contributed by atoms with van der Waals surface area (Å²) in [6.07, 6.45) is 20.7. The fraction of sp³-hybridized carbons (Fsp3) is 0.477. The topological polar surface area (TPSA) is 190 Å². The van der Waals surface area contributed by atoms with E-state index in [9.17, 15) is 19.5 Å². The molecule has 0 bridgehead atoms. The molecule has 16 nitrogen and oxygen atoms in total. The molecule has 61 heavy (non-hydrogen) atoms. The number of halogens is 1. The summed E-state index contributed by atoms with van der Waals surface area (Å²) in [6, 6.07) is 6.17. The third kappa shape index (κ3) is 8.53. The van der Waals surface area contributed by atoms with Gasteiger partial charge in [-0.2, -0.15) is 10.2 Å². The van der Waals surface area contributed by atoms with Crippen LogP contribution in [0.25, 0.3) is 5.57 Å². The number of amides is 3. The summed E-state index contributed by atoms with van der Waals surface area (Å²) in [6.45, 7) is 5.64. The van der Waals surface area contributed by atoms with Gasteiger partial charge in [0.1, 0.15) is 23.3 Å². The molecule has 0 radical (unpaired) electrons. The first-order valence-corrected chi connectivity index (χ1v) is 21.4. The molecule has 1 aromatic carbocycles. The largest absolute Gasteiger partial charge is 0.389 e. The summed E-state index contributed by atoms with van der Waals surface area (Å²) in [5.41, 5.74) is 3.15. The van der Waals surface area contributed by atoms with Crippen LogP contribution in [0.4, 0.5) is 15.8 Å². The Balaban J connectivity index is 0.794. The molecule has 17 heteroatoms. The minimum atomic E-state index is -1.17. The van der Waals surface area contributed by atoms with Crippen LogP contribution in [0.5, 0.6) is 0 Å². The number of H-pyrrole nitrogens is 1. The number of hydrogen-bond donors (Lipinski definition) is 5. The number of dihydropyridines is 1. The molecular weight excluding hydrogens is 780 g/mol. The predicted molar refractivity (Wildman–Crippen MR) is 225 cm³/mol. The van der Waals surface area contributed by atoms with E-state index in [4.69, 9.17) is 10.1 Å². The molecule has 2 atom stereocenters. The van der Waals surface area contributed by atoms with Gasteiger partial charge in [0.2, 0.25) is 17.7 Å². The molecule has 8 heterocycles. The molecule has 0 aliphatic carbocycles. The number of allylic oxidation sites excluding steroid dienone is 2.